The van der Waals surface area contributed by atoms with Gasteiger partial charge in [-0.25, -0.2) is 0 Å². The standard InChI is InChI=1S/C15H23NO2/c1-2-16-10-14(17)11-18-15-8-7-12-5-3-4-6-13(12)9-15/h7-9,14,16-17H,2-6,10-11H2,1H3. The number of benzene rings is 1. The summed E-state index contributed by atoms with van der Waals surface area (Å²) in [5, 5.41) is 12.8. The van der Waals surface area contributed by atoms with E-state index in [9.17, 15) is 5.11 Å². The summed E-state index contributed by atoms with van der Waals surface area (Å²) in [5.74, 6) is 0.881. The Morgan fingerprint density at radius 3 is 2.83 bits per heavy atom. The molecule has 0 saturated heterocycles. The molecule has 0 amide bonds. The maximum atomic E-state index is 9.69. The largest absolute Gasteiger partial charge is 0.491 e. The lowest BCUT2D eigenvalue weighted by molar-refractivity contribution is 0.107. The van der Waals surface area contributed by atoms with Crippen LogP contribution in [0.4, 0.5) is 0 Å². The summed E-state index contributed by atoms with van der Waals surface area (Å²) < 4.78 is 5.64. The minimum Gasteiger partial charge on any atom is -0.491 e. The summed E-state index contributed by atoms with van der Waals surface area (Å²) in [7, 11) is 0. The zero-order valence-corrected chi connectivity index (χ0v) is 11.1. The topological polar surface area (TPSA) is 41.5 Å². The molecule has 1 aromatic carbocycles. The first-order chi connectivity index (χ1) is 8.79. The molecule has 0 fully saturated rings. The Labute approximate surface area is 109 Å². The molecule has 1 aliphatic carbocycles. The molecular formula is C15H23NO2. The van der Waals surface area contributed by atoms with Crippen molar-refractivity contribution in [2.45, 2.75) is 38.7 Å². The predicted molar refractivity (Wildman–Crippen MR) is 73.1 cm³/mol. The second-order valence-electron chi connectivity index (χ2n) is 4.91. The van der Waals surface area contributed by atoms with Crippen molar-refractivity contribution in [2.24, 2.45) is 0 Å². The number of hydrogen-bond acceptors (Lipinski definition) is 3. The first kappa shape index (κ1) is 13.4. The van der Waals surface area contributed by atoms with Crippen LogP contribution in [0.25, 0.3) is 0 Å². The fraction of sp³-hybridized carbons (Fsp3) is 0.600. The number of aliphatic hydroxyl groups excluding tert-OH is 1. The number of hydrogen-bond donors (Lipinski definition) is 2. The molecule has 0 aromatic heterocycles. The number of rotatable bonds is 6. The van der Waals surface area contributed by atoms with Crippen molar-refractivity contribution in [3.63, 3.8) is 0 Å². The van der Waals surface area contributed by atoms with Crippen LogP contribution in [0.5, 0.6) is 5.75 Å². The molecule has 1 aromatic rings. The highest BCUT2D eigenvalue weighted by Crippen LogP contribution is 2.25. The molecule has 3 heteroatoms. The van der Waals surface area contributed by atoms with Gasteiger partial charge in [0, 0.05) is 6.54 Å². The Morgan fingerprint density at radius 2 is 2.06 bits per heavy atom. The van der Waals surface area contributed by atoms with E-state index >= 15 is 0 Å². The maximum Gasteiger partial charge on any atom is 0.119 e. The van der Waals surface area contributed by atoms with Gasteiger partial charge in [-0.15, -0.1) is 0 Å². The van der Waals surface area contributed by atoms with Crippen molar-refractivity contribution < 1.29 is 9.84 Å². The Hall–Kier alpha value is -1.06. The predicted octanol–water partition coefficient (Wildman–Crippen LogP) is 1.91. The first-order valence-corrected chi connectivity index (χ1v) is 6.93. The molecule has 0 radical (unpaired) electrons. The monoisotopic (exact) mass is 249 g/mol. The summed E-state index contributed by atoms with van der Waals surface area (Å²) in [4.78, 5) is 0. The third kappa shape index (κ3) is 3.72. The van der Waals surface area contributed by atoms with Gasteiger partial charge in [0.1, 0.15) is 18.5 Å². The molecule has 1 unspecified atom stereocenters. The van der Waals surface area contributed by atoms with Gasteiger partial charge < -0.3 is 15.2 Å². The van der Waals surface area contributed by atoms with Crippen LogP contribution < -0.4 is 10.1 Å². The van der Waals surface area contributed by atoms with E-state index in [1.807, 2.05) is 13.0 Å². The number of ether oxygens (including phenoxy) is 1. The molecule has 0 aliphatic heterocycles. The van der Waals surface area contributed by atoms with Crippen LogP contribution in [0.3, 0.4) is 0 Å². The number of fused-ring (bicyclic) bond motifs is 1. The summed E-state index contributed by atoms with van der Waals surface area (Å²) >= 11 is 0. The van der Waals surface area contributed by atoms with Crippen LogP contribution in [-0.4, -0.2) is 30.9 Å². The highest BCUT2D eigenvalue weighted by molar-refractivity contribution is 5.37. The minimum absolute atomic E-state index is 0.353. The van der Waals surface area contributed by atoms with E-state index in [0.717, 1.165) is 18.7 Å². The van der Waals surface area contributed by atoms with Crippen LogP contribution in [0.15, 0.2) is 18.2 Å². The maximum absolute atomic E-state index is 9.69. The van der Waals surface area contributed by atoms with Crippen LogP contribution >= 0.6 is 0 Å². The van der Waals surface area contributed by atoms with Crippen molar-refractivity contribution >= 4 is 0 Å². The van der Waals surface area contributed by atoms with E-state index in [0.29, 0.717) is 13.2 Å². The van der Waals surface area contributed by atoms with Gasteiger partial charge in [-0.05, 0) is 55.5 Å². The average Bonchev–Trinajstić information content (AvgIpc) is 2.42. The third-order valence-electron chi connectivity index (χ3n) is 3.39. The van der Waals surface area contributed by atoms with Crippen LogP contribution in [0, 0.1) is 0 Å². The minimum atomic E-state index is -0.444. The van der Waals surface area contributed by atoms with Crippen molar-refractivity contribution in [2.75, 3.05) is 19.7 Å². The van der Waals surface area contributed by atoms with Gasteiger partial charge in [-0.1, -0.05) is 13.0 Å². The molecule has 0 heterocycles. The fourth-order valence-electron chi connectivity index (χ4n) is 2.36. The zero-order valence-electron chi connectivity index (χ0n) is 11.1. The molecule has 2 rings (SSSR count). The van der Waals surface area contributed by atoms with Gasteiger partial charge in [-0.3, -0.25) is 0 Å². The number of likely N-dealkylation sites (N-methyl/N-ethyl adjacent to an activating group) is 1. The van der Waals surface area contributed by atoms with E-state index in [2.05, 4.69) is 17.4 Å². The molecule has 0 saturated carbocycles. The van der Waals surface area contributed by atoms with E-state index in [1.165, 1.54) is 30.4 Å². The van der Waals surface area contributed by atoms with Crippen molar-refractivity contribution in [3.8, 4) is 5.75 Å². The Kier molecular flexibility index (Phi) is 5.02. The van der Waals surface area contributed by atoms with Crippen molar-refractivity contribution in [1.29, 1.82) is 0 Å². The molecule has 3 nitrogen and oxygen atoms in total. The lowest BCUT2D eigenvalue weighted by atomic mass is 9.92. The molecule has 1 aliphatic rings. The lowest BCUT2D eigenvalue weighted by Crippen LogP contribution is -2.31. The summed E-state index contributed by atoms with van der Waals surface area (Å²) in [5.41, 5.74) is 2.88. The Morgan fingerprint density at radius 1 is 1.28 bits per heavy atom. The fourth-order valence-corrected chi connectivity index (χ4v) is 2.36. The van der Waals surface area contributed by atoms with Gasteiger partial charge in [0.15, 0.2) is 0 Å². The average molecular weight is 249 g/mol. The number of nitrogens with one attached hydrogen (secondary N) is 1. The van der Waals surface area contributed by atoms with E-state index < -0.39 is 6.10 Å². The van der Waals surface area contributed by atoms with E-state index in [4.69, 9.17) is 4.74 Å². The molecule has 100 valence electrons. The van der Waals surface area contributed by atoms with Gasteiger partial charge in [0.05, 0.1) is 0 Å². The molecule has 0 bridgehead atoms. The molecular weight excluding hydrogens is 226 g/mol. The quantitative estimate of drug-likeness (QED) is 0.809. The lowest BCUT2D eigenvalue weighted by Gasteiger charge is -2.18. The highest BCUT2D eigenvalue weighted by atomic mass is 16.5. The van der Waals surface area contributed by atoms with Crippen LogP contribution in [-0.2, 0) is 12.8 Å². The highest BCUT2D eigenvalue weighted by Gasteiger charge is 2.10. The number of aliphatic hydroxyl groups is 1. The van der Waals surface area contributed by atoms with Crippen LogP contribution in [0.1, 0.15) is 30.9 Å². The Balaban J connectivity index is 1.86. The summed E-state index contributed by atoms with van der Waals surface area (Å²) in [6.07, 6.45) is 4.49. The smallest absolute Gasteiger partial charge is 0.119 e. The zero-order chi connectivity index (χ0) is 12.8. The van der Waals surface area contributed by atoms with Gasteiger partial charge in [-0.2, -0.15) is 0 Å². The van der Waals surface area contributed by atoms with Gasteiger partial charge in [0.25, 0.3) is 0 Å². The SMILES string of the molecule is CCNCC(O)COc1ccc2c(c1)CCCC2. The molecule has 2 N–H and O–H groups in total. The summed E-state index contributed by atoms with van der Waals surface area (Å²) in [6, 6.07) is 6.32. The second-order valence-corrected chi connectivity index (χ2v) is 4.91. The second kappa shape index (κ2) is 6.76. The normalized spacial score (nSPS) is 16.1. The Bertz CT molecular complexity index is 379. The molecule has 0 spiro atoms. The molecule has 18 heavy (non-hydrogen) atoms. The van der Waals surface area contributed by atoms with Crippen molar-refractivity contribution in [1.82, 2.24) is 5.32 Å². The third-order valence-corrected chi connectivity index (χ3v) is 3.39. The van der Waals surface area contributed by atoms with Crippen molar-refractivity contribution in [3.05, 3.63) is 29.3 Å². The van der Waals surface area contributed by atoms with E-state index in [-0.39, 0.29) is 0 Å². The van der Waals surface area contributed by atoms with Crippen LogP contribution in [0.2, 0.25) is 0 Å². The summed E-state index contributed by atoms with van der Waals surface area (Å²) in [6.45, 7) is 3.83. The number of aryl methyl sites for hydroxylation is 2. The van der Waals surface area contributed by atoms with Gasteiger partial charge >= 0.3 is 0 Å². The van der Waals surface area contributed by atoms with E-state index in [1.54, 1.807) is 0 Å². The van der Waals surface area contributed by atoms with Gasteiger partial charge in [0.2, 0.25) is 0 Å². The first-order valence-electron chi connectivity index (χ1n) is 6.93. The molecule has 1 atom stereocenters.